The van der Waals surface area contributed by atoms with E-state index in [0.29, 0.717) is 35.2 Å². The van der Waals surface area contributed by atoms with Crippen molar-refractivity contribution in [2.75, 3.05) is 56.4 Å². The molecule has 53 heavy (non-hydrogen) atoms. The van der Waals surface area contributed by atoms with Crippen molar-refractivity contribution < 1.29 is 33.7 Å². The average Bonchev–Trinajstić information content (AvgIpc) is 3.16. The second-order valence-electron chi connectivity index (χ2n) is 13.7. The number of amides is 5. The number of urea groups is 2. The number of likely N-dealkylation sites (N-methyl/N-ethyl adjacent to an activating group) is 1. The van der Waals surface area contributed by atoms with Crippen LogP contribution in [0.4, 0.5) is 26.7 Å². The zero-order chi connectivity index (χ0) is 37.9. The standard InChI is InChI=1S/C41H51N5O7/c1-27-24-46(28(2)26-47)39(48)35-23-32(42-40(49)44-36-15-10-13-30-12-6-7-14-34(30)36)18-21-37(35)53-29(3)11-8-9-22-52-38(27)25-45(4)41(50)43-31-16-19-33(51-5)20-17-31/h6-7,10,12-21,23,27-29,38,47H,8-9,11,22,24-26H2,1-5H3,(H,43,50)(H2,42,44,49)/t27-,28+,29-,38+/m0/s1. The van der Waals surface area contributed by atoms with Crippen LogP contribution in [-0.2, 0) is 4.74 Å². The molecule has 0 spiro atoms. The molecule has 4 N–H and O–H groups in total. The molecule has 1 heterocycles. The van der Waals surface area contributed by atoms with Gasteiger partial charge in [0.25, 0.3) is 5.91 Å². The largest absolute Gasteiger partial charge is 0.497 e. The fourth-order valence-corrected chi connectivity index (χ4v) is 6.33. The van der Waals surface area contributed by atoms with Crippen molar-refractivity contribution in [2.45, 2.75) is 58.3 Å². The lowest BCUT2D eigenvalue weighted by Gasteiger charge is -2.35. The van der Waals surface area contributed by atoms with Crippen molar-refractivity contribution in [1.82, 2.24) is 9.80 Å². The minimum atomic E-state index is -0.550. The van der Waals surface area contributed by atoms with Crippen LogP contribution in [0.25, 0.3) is 10.8 Å². The first kappa shape index (κ1) is 38.9. The molecule has 4 aromatic carbocycles. The third-order valence-corrected chi connectivity index (χ3v) is 9.49. The van der Waals surface area contributed by atoms with E-state index in [1.54, 1.807) is 73.3 Å². The minimum Gasteiger partial charge on any atom is -0.497 e. The summed E-state index contributed by atoms with van der Waals surface area (Å²) >= 11 is 0. The zero-order valence-corrected chi connectivity index (χ0v) is 31.1. The highest BCUT2D eigenvalue weighted by Crippen LogP contribution is 2.29. The molecule has 5 amide bonds. The molecule has 0 aliphatic carbocycles. The number of nitrogens with one attached hydrogen (secondary N) is 3. The maximum Gasteiger partial charge on any atom is 0.323 e. The number of aliphatic hydroxyl groups excluding tert-OH is 1. The Bertz CT molecular complexity index is 1850. The summed E-state index contributed by atoms with van der Waals surface area (Å²) in [5.41, 5.74) is 1.95. The average molecular weight is 726 g/mol. The molecule has 0 aromatic heterocycles. The number of anilines is 3. The summed E-state index contributed by atoms with van der Waals surface area (Å²) < 4.78 is 18.0. The number of ether oxygens (including phenoxy) is 3. The molecular formula is C41H51N5O7. The topological polar surface area (TPSA) is 142 Å². The van der Waals surface area contributed by atoms with Crippen LogP contribution in [0.3, 0.4) is 0 Å². The molecule has 0 fully saturated rings. The van der Waals surface area contributed by atoms with Crippen LogP contribution >= 0.6 is 0 Å². The molecule has 0 radical (unpaired) electrons. The van der Waals surface area contributed by atoms with E-state index in [-0.39, 0.29) is 49.2 Å². The Labute approximate surface area is 311 Å². The Hall–Kier alpha value is -5.33. The number of benzene rings is 4. The number of carbonyl (C=O) groups excluding carboxylic acids is 3. The van der Waals surface area contributed by atoms with Crippen LogP contribution < -0.4 is 25.4 Å². The third kappa shape index (κ3) is 10.4. The Kier molecular flexibility index (Phi) is 13.5. The molecule has 4 atom stereocenters. The van der Waals surface area contributed by atoms with E-state index in [2.05, 4.69) is 16.0 Å². The summed E-state index contributed by atoms with van der Waals surface area (Å²) in [6, 6.07) is 24.3. The van der Waals surface area contributed by atoms with Crippen molar-refractivity contribution in [2.24, 2.45) is 5.92 Å². The van der Waals surface area contributed by atoms with Crippen molar-refractivity contribution in [3.63, 3.8) is 0 Å². The van der Waals surface area contributed by atoms with E-state index in [4.69, 9.17) is 14.2 Å². The van der Waals surface area contributed by atoms with Crippen LogP contribution in [-0.4, -0.2) is 91.6 Å². The van der Waals surface area contributed by atoms with Crippen LogP contribution in [0.2, 0.25) is 0 Å². The summed E-state index contributed by atoms with van der Waals surface area (Å²) in [6.45, 7) is 6.42. The molecule has 282 valence electrons. The summed E-state index contributed by atoms with van der Waals surface area (Å²) in [6.07, 6.45) is 1.73. The van der Waals surface area contributed by atoms with Gasteiger partial charge in [0.1, 0.15) is 11.5 Å². The highest BCUT2D eigenvalue weighted by atomic mass is 16.5. The first-order valence-corrected chi connectivity index (χ1v) is 18.1. The first-order chi connectivity index (χ1) is 25.6. The molecule has 1 aliphatic heterocycles. The van der Waals surface area contributed by atoms with Gasteiger partial charge in [-0.1, -0.05) is 43.3 Å². The van der Waals surface area contributed by atoms with E-state index in [9.17, 15) is 19.5 Å². The number of hydrogen-bond acceptors (Lipinski definition) is 7. The number of methoxy groups -OCH3 is 1. The lowest BCUT2D eigenvalue weighted by atomic mass is 10.0. The highest BCUT2D eigenvalue weighted by Gasteiger charge is 2.31. The summed E-state index contributed by atoms with van der Waals surface area (Å²) in [7, 11) is 3.29. The smallest absolute Gasteiger partial charge is 0.323 e. The van der Waals surface area contributed by atoms with Gasteiger partial charge in [-0.2, -0.15) is 0 Å². The molecule has 12 heteroatoms. The molecule has 0 unspecified atom stereocenters. The maximum atomic E-state index is 14.5. The number of fused-ring (bicyclic) bond motifs is 2. The Balaban J connectivity index is 1.36. The molecule has 0 bridgehead atoms. The SMILES string of the molecule is COc1ccc(NC(=O)N(C)C[C@H]2OCCCC[C@H](C)Oc3ccc(NC(=O)Nc4cccc5ccccc45)cc3C(=O)N([C@H](C)CO)C[C@@H]2C)cc1. The van der Waals surface area contributed by atoms with Crippen LogP contribution in [0.1, 0.15) is 50.4 Å². The van der Waals surface area contributed by atoms with E-state index in [1.807, 2.05) is 56.3 Å². The van der Waals surface area contributed by atoms with Gasteiger partial charge in [0.2, 0.25) is 0 Å². The van der Waals surface area contributed by atoms with Gasteiger partial charge in [-0.25, -0.2) is 9.59 Å². The fraction of sp³-hybridized carbons (Fsp3) is 0.390. The van der Waals surface area contributed by atoms with Crippen LogP contribution in [0.5, 0.6) is 11.5 Å². The normalized spacial score (nSPS) is 18.9. The van der Waals surface area contributed by atoms with Gasteiger partial charge in [0.05, 0.1) is 43.2 Å². The third-order valence-electron chi connectivity index (χ3n) is 9.49. The first-order valence-electron chi connectivity index (χ1n) is 18.1. The van der Waals surface area contributed by atoms with Crippen molar-refractivity contribution >= 4 is 45.8 Å². The molecule has 5 rings (SSSR count). The van der Waals surface area contributed by atoms with Crippen LogP contribution in [0, 0.1) is 5.92 Å². The molecular weight excluding hydrogens is 674 g/mol. The molecule has 4 aromatic rings. The van der Waals surface area contributed by atoms with Crippen LogP contribution in [0.15, 0.2) is 84.9 Å². The number of aliphatic hydroxyl groups is 1. The maximum absolute atomic E-state index is 14.5. The van der Waals surface area contributed by atoms with E-state index < -0.39 is 18.2 Å². The Morgan fingerprint density at radius 2 is 1.70 bits per heavy atom. The Morgan fingerprint density at radius 3 is 2.45 bits per heavy atom. The number of rotatable bonds is 8. The predicted molar refractivity (Wildman–Crippen MR) is 208 cm³/mol. The minimum absolute atomic E-state index is 0.204. The van der Waals surface area contributed by atoms with Crippen molar-refractivity contribution in [3.05, 3.63) is 90.5 Å². The van der Waals surface area contributed by atoms with Gasteiger partial charge in [-0.05, 0) is 87.0 Å². The number of carbonyl (C=O) groups is 3. The van der Waals surface area contributed by atoms with Gasteiger partial charge in [-0.15, -0.1) is 0 Å². The molecule has 1 aliphatic rings. The van der Waals surface area contributed by atoms with Crippen molar-refractivity contribution in [3.8, 4) is 11.5 Å². The zero-order valence-electron chi connectivity index (χ0n) is 31.1. The molecule has 0 saturated carbocycles. The number of nitrogens with zero attached hydrogens (tertiary/aromatic N) is 2. The summed E-state index contributed by atoms with van der Waals surface area (Å²) in [5.74, 6) is 0.487. The summed E-state index contributed by atoms with van der Waals surface area (Å²) in [5, 5.41) is 20.9. The van der Waals surface area contributed by atoms with E-state index >= 15 is 0 Å². The Morgan fingerprint density at radius 1 is 0.962 bits per heavy atom. The van der Waals surface area contributed by atoms with Crippen molar-refractivity contribution in [1.29, 1.82) is 0 Å². The molecule has 12 nitrogen and oxygen atoms in total. The van der Waals surface area contributed by atoms with E-state index in [0.717, 1.165) is 30.0 Å². The highest BCUT2D eigenvalue weighted by molar-refractivity contribution is 6.07. The van der Waals surface area contributed by atoms with Gasteiger partial charge in [-0.3, -0.25) is 4.79 Å². The molecule has 0 saturated heterocycles. The second kappa shape index (κ2) is 18.4. The quantitative estimate of drug-likeness (QED) is 0.148. The summed E-state index contributed by atoms with van der Waals surface area (Å²) in [4.78, 5) is 44.1. The number of hydrogen-bond donors (Lipinski definition) is 4. The van der Waals surface area contributed by atoms with E-state index in [1.165, 1.54) is 0 Å². The van der Waals surface area contributed by atoms with Gasteiger partial charge >= 0.3 is 12.1 Å². The fourth-order valence-electron chi connectivity index (χ4n) is 6.33. The second-order valence-corrected chi connectivity index (χ2v) is 13.7. The van der Waals surface area contributed by atoms with Gasteiger partial charge in [0, 0.05) is 49.4 Å². The lowest BCUT2D eigenvalue weighted by Crippen LogP contribution is -2.48. The lowest BCUT2D eigenvalue weighted by molar-refractivity contribution is -0.0115. The monoisotopic (exact) mass is 725 g/mol. The predicted octanol–water partition coefficient (Wildman–Crippen LogP) is 7.45. The van der Waals surface area contributed by atoms with Gasteiger partial charge in [0.15, 0.2) is 0 Å². The van der Waals surface area contributed by atoms with Gasteiger partial charge < -0.3 is 45.1 Å².